The van der Waals surface area contributed by atoms with Gasteiger partial charge >= 0.3 is 11.9 Å². The van der Waals surface area contributed by atoms with Crippen molar-refractivity contribution in [3.05, 3.63) is 36.3 Å². The Labute approximate surface area is 144 Å². The average Bonchev–Trinajstić information content (AvgIpc) is 2.79. The highest BCUT2D eigenvalue weighted by Gasteiger charge is 2.43. The molecule has 0 aliphatic carbocycles. The Kier molecular flexibility index (Phi) is 5.26. The largest absolute Gasteiger partial charge is 0.457 e. The second-order valence-electron chi connectivity index (χ2n) is 6.21. The summed E-state index contributed by atoms with van der Waals surface area (Å²) >= 11 is 0. The van der Waals surface area contributed by atoms with E-state index < -0.39 is 29.4 Å². The van der Waals surface area contributed by atoms with Crippen LogP contribution in [-0.2, 0) is 28.7 Å². The van der Waals surface area contributed by atoms with Gasteiger partial charge in [-0.05, 0) is 0 Å². The first kappa shape index (κ1) is 18.2. The maximum Gasteiger partial charge on any atom is 0.331 e. The van der Waals surface area contributed by atoms with Crippen LogP contribution in [0.2, 0.25) is 0 Å². The van der Waals surface area contributed by atoms with E-state index in [1.165, 1.54) is 6.20 Å². The van der Waals surface area contributed by atoms with Crippen molar-refractivity contribution >= 4 is 23.8 Å². The van der Waals surface area contributed by atoms with Gasteiger partial charge in [-0.25, -0.2) is 9.59 Å². The number of carbonyl (C=O) groups is 4. The number of ether oxygens (including phenoxy) is 2. The first-order valence-electron chi connectivity index (χ1n) is 7.48. The van der Waals surface area contributed by atoms with E-state index in [4.69, 9.17) is 9.47 Å². The van der Waals surface area contributed by atoms with E-state index in [1.807, 2.05) is 0 Å². The predicted molar refractivity (Wildman–Crippen MR) is 85.3 cm³/mol. The van der Waals surface area contributed by atoms with Crippen molar-refractivity contribution < 1.29 is 28.7 Å². The summed E-state index contributed by atoms with van der Waals surface area (Å²) in [4.78, 5) is 46.5. The molecule has 1 atom stereocenters. The van der Waals surface area contributed by atoms with E-state index in [2.05, 4.69) is 22.5 Å². The SMILES string of the molecule is C=C1NC=C(COC(=O)C=CC(=O)OC2C(=O)NCC2(C)C)C(=O)N1. The molecule has 3 N–H and O–H groups in total. The Balaban J connectivity index is 1.82. The molecule has 1 fully saturated rings. The number of amides is 2. The Hall–Kier alpha value is -3.10. The number of hydrogen-bond acceptors (Lipinski definition) is 7. The lowest BCUT2D eigenvalue weighted by molar-refractivity contribution is -0.154. The second-order valence-corrected chi connectivity index (χ2v) is 6.21. The molecule has 1 saturated heterocycles. The lowest BCUT2D eigenvalue weighted by atomic mass is 9.90. The molecule has 25 heavy (non-hydrogen) atoms. The monoisotopic (exact) mass is 349 g/mol. The molecule has 0 radical (unpaired) electrons. The first-order valence-corrected chi connectivity index (χ1v) is 7.48. The smallest absolute Gasteiger partial charge is 0.331 e. The van der Waals surface area contributed by atoms with Gasteiger partial charge in [-0.3, -0.25) is 9.59 Å². The number of nitrogens with one attached hydrogen (secondary N) is 3. The van der Waals surface area contributed by atoms with Gasteiger partial charge in [0.05, 0.1) is 5.57 Å². The van der Waals surface area contributed by atoms with Gasteiger partial charge < -0.3 is 25.4 Å². The molecule has 2 amide bonds. The molecule has 9 nitrogen and oxygen atoms in total. The van der Waals surface area contributed by atoms with Gasteiger partial charge in [-0.1, -0.05) is 20.4 Å². The van der Waals surface area contributed by atoms with Gasteiger partial charge in [0.25, 0.3) is 11.8 Å². The van der Waals surface area contributed by atoms with Crippen LogP contribution in [0, 0.1) is 5.41 Å². The van der Waals surface area contributed by atoms with Gasteiger partial charge in [0.2, 0.25) is 0 Å². The normalized spacial score (nSPS) is 21.9. The molecule has 0 aromatic heterocycles. The number of esters is 2. The molecular formula is C16H19N3O6. The molecule has 0 bridgehead atoms. The van der Waals surface area contributed by atoms with Crippen LogP contribution in [-0.4, -0.2) is 43.0 Å². The molecule has 2 rings (SSSR count). The summed E-state index contributed by atoms with van der Waals surface area (Å²) in [6.45, 7) is 7.20. The minimum absolute atomic E-state index is 0.195. The standard InChI is InChI=1S/C16H19N3O6/c1-9-17-6-10(14(22)19-9)7-24-11(20)4-5-12(21)25-13-15(23)18-8-16(13,2)3/h4-6,13,17H,1,7-8H2,2-3H3,(H,18,23)(H,19,22). The van der Waals surface area contributed by atoms with Crippen LogP contribution >= 0.6 is 0 Å². The highest BCUT2D eigenvalue weighted by molar-refractivity contribution is 5.97. The third-order valence-electron chi connectivity index (χ3n) is 3.60. The molecular weight excluding hydrogens is 330 g/mol. The predicted octanol–water partition coefficient (Wildman–Crippen LogP) is -0.772. The molecule has 2 heterocycles. The molecule has 0 aromatic carbocycles. The van der Waals surface area contributed by atoms with Crippen molar-refractivity contribution in [2.24, 2.45) is 5.41 Å². The van der Waals surface area contributed by atoms with Crippen molar-refractivity contribution in [2.75, 3.05) is 13.2 Å². The molecule has 2 aliphatic rings. The zero-order valence-electron chi connectivity index (χ0n) is 13.9. The van der Waals surface area contributed by atoms with Crippen LogP contribution in [0.4, 0.5) is 0 Å². The maximum atomic E-state index is 11.7. The van der Waals surface area contributed by atoms with Crippen LogP contribution < -0.4 is 16.0 Å². The minimum Gasteiger partial charge on any atom is -0.457 e. The van der Waals surface area contributed by atoms with Crippen LogP contribution in [0.5, 0.6) is 0 Å². The zero-order chi connectivity index (χ0) is 18.6. The number of carbonyl (C=O) groups excluding carboxylic acids is 4. The van der Waals surface area contributed by atoms with Crippen molar-refractivity contribution in [3.8, 4) is 0 Å². The summed E-state index contributed by atoms with van der Waals surface area (Å²) in [5.41, 5.74) is -0.333. The van der Waals surface area contributed by atoms with E-state index in [9.17, 15) is 19.2 Å². The van der Waals surface area contributed by atoms with Crippen LogP contribution in [0.25, 0.3) is 0 Å². The van der Waals surface area contributed by atoms with Crippen molar-refractivity contribution in [1.29, 1.82) is 0 Å². The zero-order valence-corrected chi connectivity index (χ0v) is 13.9. The van der Waals surface area contributed by atoms with E-state index in [-0.39, 0.29) is 18.1 Å². The molecule has 0 spiro atoms. The highest BCUT2D eigenvalue weighted by atomic mass is 16.6. The van der Waals surface area contributed by atoms with Crippen molar-refractivity contribution in [2.45, 2.75) is 20.0 Å². The maximum absolute atomic E-state index is 11.7. The van der Waals surface area contributed by atoms with Crippen LogP contribution in [0.3, 0.4) is 0 Å². The molecule has 0 saturated carbocycles. The van der Waals surface area contributed by atoms with Gasteiger partial charge in [0.1, 0.15) is 12.4 Å². The number of rotatable bonds is 5. The van der Waals surface area contributed by atoms with E-state index in [0.717, 1.165) is 12.2 Å². The molecule has 9 heteroatoms. The highest BCUT2D eigenvalue weighted by Crippen LogP contribution is 2.27. The molecule has 0 aromatic rings. The van der Waals surface area contributed by atoms with Crippen LogP contribution in [0.15, 0.2) is 36.3 Å². The summed E-state index contributed by atoms with van der Waals surface area (Å²) in [5, 5.41) is 7.71. The topological polar surface area (TPSA) is 123 Å². The van der Waals surface area contributed by atoms with E-state index in [0.29, 0.717) is 12.4 Å². The van der Waals surface area contributed by atoms with Gasteiger partial charge in [-0.15, -0.1) is 0 Å². The summed E-state index contributed by atoms with van der Waals surface area (Å²) in [7, 11) is 0. The third kappa shape index (κ3) is 4.69. The lowest BCUT2D eigenvalue weighted by Gasteiger charge is -2.22. The quantitative estimate of drug-likeness (QED) is 0.440. The van der Waals surface area contributed by atoms with Gasteiger partial charge in [0, 0.05) is 30.3 Å². The summed E-state index contributed by atoms with van der Waals surface area (Å²) in [5.74, 6) is -2.15. The van der Waals surface area contributed by atoms with Gasteiger partial charge in [0.15, 0.2) is 6.10 Å². The Morgan fingerprint density at radius 3 is 2.60 bits per heavy atom. The third-order valence-corrected chi connectivity index (χ3v) is 3.60. The fourth-order valence-electron chi connectivity index (χ4n) is 2.16. The second kappa shape index (κ2) is 7.20. The lowest BCUT2D eigenvalue weighted by Crippen LogP contribution is -2.36. The summed E-state index contributed by atoms with van der Waals surface area (Å²) in [6, 6.07) is 0. The molecule has 1 unspecified atom stereocenters. The van der Waals surface area contributed by atoms with Crippen molar-refractivity contribution in [1.82, 2.24) is 16.0 Å². The molecule has 134 valence electrons. The Bertz CT molecular complexity index is 692. The minimum atomic E-state index is -0.920. The Morgan fingerprint density at radius 1 is 1.32 bits per heavy atom. The van der Waals surface area contributed by atoms with Gasteiger partial charge in [-0.2, -0.15) is 0 Å². The van der Waals surface area contributed by atoms with E-state index in [1.54, 1.807) is 13.8 Å². The fraction of sp³-hybridized carbons (Fsp3) is 0.375. The van der Waals surface area contributed by atoms with Crippen LogP contribution in [0.1, 0.15) is 13.8 Å². The Morgan fingerprint density at radius 2 is 2.00 bits per heavy atom. The number of hydrogen-bond donors (Lipinski definition) is 3. The fourth-order valence-corrected chi connectivity index (χ4v) is 2.16. The average molecular weight is 349 g/mol. The first-order chi connectivity index (χ1) is 11.7. The van der Waals surface area contributed by atoms with E-state index >= 15 is 0 Å². The van der Waals surface area contributed by atoms with Crippen molar-refractivity contribution in [3.63, 3.8) is 0 Å². The summed E-state index contributed by atoms with van der Waals surface area (Å²) < 4.78 is 9.93. The molecule has 2 aliphatic heterocycles. The summed E-state index contributed by atoms with van der Waals surface area (Å²) in [6.07, 6.45) is 2.19.